The van der Waals surface area contributed by atoms with Crippen molar-refractivity contribution in [2.45, 2.75) is 6.54 Å². The van der Waals surface area contributed by atoms with Crippen LogP contribution in [0.1, 0.15) is 11.1 Å². The topological polar surface area (TPSA) is 67.6 Å². The van der Waals surface area contributed by atoms with E-state index in [0.29, 0.717) is 23.1 Å². The highest BCUT2D eigenvalue weighted by atomic mass is 35.5. The number of benzene rings is 2. The van der Waals surface area contributed by atoms with Gasteiger partial charge in [0.25, 0.3) is 0 Å². The number of aromatic nitrogens is 2. The van der Waals surface area contributed by atoms with Crippen LogP contribution in [0.2, 0.25) is 5.02 Å². The first-order valence-electron chi connectivity index (χ1n) is 6.07. The summed E-state index contributed by atoms with van der Waals surface area (Å²) < 4.78 is 1.91. The van der Waals surface area contributed by atoms with Crippen LogP contribution in [-0.4, -0.2) is 9.55 Å². The van der Waals surface area contributed by atoms with Crippen molar-refractivity contribution >= 4 is 28.6 Å². The maximum atomic E-state index is 8.80. The Morgan fingerprint density at radius 3 is 2.65 bits per heavy atom. The number of rotatable bonds is 2. The lowest BCUT2D eigenvalue weighted by Gasteiger charge is -2.07. The van der Waals surface area contributed by atoms with Crippen molar-refractivity contribution in [1.29, 1.82) is 5.26 Å². The monoisotopic (exact) mass is 282 g/mol. The van der Waals surface area contributed by atoms with Gasteiger partial charge in [0, 0.05) is 5.02 Å². The van der Waals surface area contributed by atoms with Gasteiger partial charge in [0.05, 0.1) is 29.2 Å². The second-order valence-corrected chi connectivity index (χ2v) is 4.93. The summed E-state index contributed by atoms with van der Waals surface area (Å²) in [6, 6.07) is 15.0. The normalized spacial score (nSPS) is 10.6. The highest BCUT2D eigenvalue weighted by Crippen LogP contribution is 2.23. The first kappa shape index (κ1) is 12.5. The third-order valence-corrected chi connectivity index (χ3v) is 3.40. The van der Waals surface area contributed by atoms with E-state index in [1.54, 1.807) is 18.2 Å². The summed E-state index contributed by atoms with van der Waals surface area (Å²) in [6.07, 6.45) is 0. The fourth-order valence-corrected chi connectivity index (χ4v) is 2.31. The first-order valence-corrected chi connectivity index (χ1v) is 6.45. The number of imidazole rings is 1. The van der Waals surface area contributed by atoms with Crippen LogP contribution >= 0.6 is 11.6 Å². The number of nitriles is 1. The van der Waals surface area contributed by atoms with E-state index in [1.165, 1.54) is 0 Å². The van der Waals surface area contributed by atoms with Gasteiger partial charge in [-0.3, -0.25) is 0 Å². The molecule has 98 valence electrons. The Hall–Kier alpha value is -2.51. The fourth-order valence-electron chi connectivity index (χ4n) is 2.15. The molecule has 5 heteroatoms. The number of fused-ring (bicyclic) bond motifs is 1. The maximum absolute atomic E-state index is 8.80. The van der Waals surface area contributed by atoms with Gasteiger partial charge in [-0.2, -0.15) is 5.26 Å². The molecule has 0 unspecified atom stereocenters. The van der Waals surface area contributed by atoms with Gasteiger partial charge in [0.2, 0.25) is 5.95 Å². The SMILES string of the molecule is N#Cc1ccc(Cn2c(N)nc3ccc(Cl)cc32)cc1. The van der Waals surface area contributed by atoms with E-state index in [4.69, 9.17) is 22.6 Å². The minimum absolute atomic E-state index is 0.451. The smallest absolute Gasteiger partial charge is 0.201 e. The lowest BCUT2D eigenvalue weighted by atomic mass is 10.1. The molecule has 0 radical (unpaired) electrons. The third-order valence-electron chi connectivity index (χ3n) is 3.16. The van der Waals surface area contributed by atoms with Gasteiger partial charge in [-0.25, -0.2) is 4.98 Å². The molecule has 0 saturated carbocycles. The van der Waals surface area contributed by atoms with Gasteiger partial charge in [0.1, 0.15) is 0 Å². The van der Waals surface area contributed by atoms with Crippen LogP contribution in [0, 0.1) is 11.3 Å². The van der Waals surface area contributed by atoms with Crippen molar-refractivity contribution < 1.29 is 0 Å². The van der Waals surface area contributed by atoms with E-state index in [0.717, 1.165) is 16.6 Å². The van der Waals surface area contributed by atoms with E-state index >= 15 is 0 Å². The molecular weight excluding hydrogens is 272 g/mol. The van der Waals surface area contributed by atoms with Crippen LogP contribution in [0.25, 0.3) is 11.0 Å². The maximum Gasteiger partial charge on any atom is 0.201 e. The van der Waals surface area contributed by atoms with E-state index in [1.807, 2.05) is 28.8 Å². The molecule has 0 atom stereocenters. The molecule has 0 spiro atoms. The molecule has 3 aromatic rings. The fraction of sp³-hybridized carbons (Fsp3) is 0.0667. The van der Waals surface area contributed by atoms with Gasteiger partial charge >= 0.3 is 0 Å². The standard InChI is InChI=1S/C15H11ClN4/c16-12-5-6-13-14(7-12)20(15(18)19-13)9-11-3-1-10(8-17)2-4-11/h1-7H,9H2,(H2,18,19). The molecule has 20 heavy (non-hydrogen) atoms. The number of nitrogens with two attached hydrogens (primary N) is 1. The Morgan fingerprint density at radius 1 is 1.20 bits per heavy atom. The van der Waals surface area contributed by atoms with E-state index in [2.05, 4.69) is 11.1 Å². The highest BCUT2D eigenvalue weighted by molar-refractivity contribution is 6.31. The van der Waals surface area contributed by atoms with Crippen molar-refractivity contribution in [2.24, 2.45) is 0 Å². The summed E-state index contributed by atoms with van der Waals surface area (Å²) in [5, 5.41) is 9.45. The summed E-state index contributed by atoms with van der Waals surface area (Å²) in [6.45, 7) is 0.592. The minimum atomic E-state index is 0.451. The number of hydrogen-bond donors (Lipinski definition) is 1. The Kier molecular flexibility index (Phi) is 3.05. The Bertz CT molecular complexity index is 812. The Balaban J connectivity index is 2.03. The third kappa shape index (κ3) is 2.20. The van der Waals surface area contributed by atoms with Crippen LogP contribution in [0.15, 0.2) is 42.5 Å². The van der Waals surface area contributed by atoms with Crippen LogP contribution in [0.5, 0.6) is 0 Å². The quantitative estimate of drug-likeness (QED) is 0.785. The summed E-state index contributed by atoms with van der Waals surface area (Å²) in [5.74, 6) is 0.451. The van der Waals surface area contributed by atoms with E-state index in [9.17, 15) is 0 Å². The molecule has 0 aliphatic heterocycles. The predicted octanol–water partition coefficient (Wildman–Crippen LogP) is 3.19. The van der Waals surface area contributed by atoms with Crippen molar-refractivity contribution in [2.75, 3.05) is 5.73 Å². The lowest BCUT2D eigenvalue weighted by molar-refractivity contribution is 0.838. The molecule has 0 amide bonds. The molecule has 0 aliphatic rings. The van der Waals surface area contributed by atoms with Gasteiger partial charge in [-0.15, -0.1) is 0 Å². The van der Waals surface area contributed by atoms with Crippen LogP contribution in [0.3, 0.4) is 0 Å². The van der Waals surface area contributed by atoms with Gasteiger partial charge in [-0.1, -0.05) is 23.7 Å². The zero-order valence-electron chi connectivity index (χ0n) is 10.5. The van der Waals surface area contributed by atoms with Crippen molar-refractivity contribution in [3.05, 3.63) is 58.6 Å². The summed E-state index contributed by atoms with van der Waals surface area (Å²) in [5.41, 5.74) is 9.38. The highest BCUT2D eigenvalue weighted by Gasteiger charge is 2.09. The van der Waals surface area contributed by atoms with Gasteiger partial charge < -0.3 is 10.3 Å². The largest absolute Gasteiger partial charge is 0.369 e. The second kappa shape index (κ2) is 4.87. The van der Waals surface area contributed by atoms with E-state index in [-0.39, 0.29) is 0 Å². The summed E-state index contributed by atoms with van der Waals surface area (Å²) in [4.78, 5) is 4.31. The van der Waals surface area contributed by atoms with Crippen molar-refractivity contribution in [3.63, 3.8) is 0 Å². The predicted molar refractivity (Wildman–Crippen MR) is 79.4 cm³/mol. The minimum Gasteiger partial charge on any atom is -0.369 e. The molecular formula is C15H11ClN4. The average molecular weight is 283 g/mol. The molecule has 0 bridgehead atoms. The van der Waals surface area contributed by atoms with Crippen LogP contribution in [-0.2, 0) is 6.54 Å². The molecule has 1 aromatic heterocycles. The number of halogens is 1. The van der Waals surface area contributed by atoms with Crippen LogP contribution < -0.4 is 5.73 Å². The Morgan fingerprint density at radius 2 is 1.95 bits per heavy atom. The molecule has 1 heterocycles. The molecule has 0 saturated heterocycles. The molecule has 2 N–H and O–H groups in total. The summed E-state index contributed by atoms with van der Waals surface area (Å²) >= 11 is 6.02. The number of hydrogen-bond acceptors (Lipinski definition) is 3. The number of nitrogens with zero attached hydrogens (tertiary/aromatic N) is 3. The van der Waals surface area contributed by atoms with Gasteiger partial charge in [-0.05, 0) is 35.9 Å². The molecule has 0 aliphatic carbocycles. The van der Waals surface area contributed by atoms with E-state index < -0.39 is 0 Å². The zero-order chi connectivity index (χ0) is 14.1. The number of nitrogen functional groups attached to an aromatic ring is 1. The molecule has 0 fully saturated rings. The van der Waals surface area contributed by atoms with Crippen LogP contribution in [0.4, 0.5) is 5.95 Å². The molecule has 4 nitrogen and oxygen atoms in total. The average Bonchev–Trinajstić information content (AvgIpc) is 2.76. The first-order chi connectivity index (χ1) is 9.67. The molecule has 3 rings (SSSR count). The second-order valence-electron chi connectivity index (χ2n) is 4.50. The zero-order valence-corrected chi connectivity index (χ0v) is 11.3. The Labute approximate surface area is 121 Å². The van der Waals surface area contributed by atoms with Crippen molar-refractivity contribution in [3.8, 4) is 6.07 Å². The van der Waals surface area contributed by atoms with Gasteiger partial charge in [0.15, 0.2) is 0 Å². The lowest BCUT2D eigenvalue weighted by Crippen LogP contribution is -2.04. The molecule has 2 aromatic carbocycles. The number of anilines is 1. The van der Waals surface area contributed by atoms with Crippen molar-refractivity contribution in [1.82, 2.24) is 9.55 Å². The summed E-state index contributed by atoms with van der Waals surface area (Å²) in [7, 11) is 0.